The largest absolute Gasteiger partial charge is 0.355 e. The van der Waals surface area contributed by atoms with Gasteiger partial charge in [0, 0.05) is 61.3 Å². The van der Waals surface area contributed by atoms with E-state index < -0.39 is 0 Å². The molecule has 2 aliphatic heterocycles. The second-order valence-electron chi connectivity index (χ2n) is 8.63. The third kappa shape index (κ3) is 4.98. The van der Waals surface area contributed by atoms with Crippen molar-refractivity contribution < 1.29 is 9.18 Å². The first-order chi connectivity index (χ1) is 14.5. The van der Waals surface area contributed by atoms with Gasteiger partial charge in [0.2, 0.25) is 5.91 Å². The lowest BCUT2D eigenvalue weighted by molar-refractivity contribution is -0.130. The van der Waals surface area contributed by atoms with E-state index in [4.69, 9.17) is 4.98 Å². The van der Waals surface area contributed by atoms with Gasteiger partial charge in [-0.2, -0.15) is 0 Å². The zero-order valence-electron chi connectivity index (χ0n) is 17.9. The van der Waals surface area contributed by atoms with Gasteiger partial charge in [-0.1, -0.05) is 6.07 Å². The molecular weight excluding hydrogens is 379 g/mol. The van der Waals surface area contributed by atoms with Crippen LogP contribution in [0.25, 0.3) is 0 Å². The van der Waals surface area contributed by atoms with Crippen LogP contribution >= 0.6 is 0 Å². The van der Waals surface area contributed by atoms with Crippen LogP contribution in [0.2, 0.25) is 0 Å². The number of amides is 1. The lowest BCUT2D eigenvalue weighted by atomic mass is 9.91. The molecule has 1 aromatic heterocycles. The molecule has 1 N–H and O–H groups in total. The van der Waals surface area contributed by atoms with Crippen LogP contribution in [-0.4, -0.2) is 52.9 Å². The predicted octanol–water partition coefficient (Wildman–Crippen LogP) is 4.46. The van der Waals surface area contributed by atoms with Crippen molar-refractivity contribution in [3.8, 4) is 0 Å². The lowest BCUT2D eigenvalue weighted by Gasteiger charge is -2.42. The van der Waals surface area contributed by atoms with E-state index in [0.717, 1.165) is 68.2 Å². The summed E-state index contributed by atoms with van der Waals surface area (Å²) in [6.07, 6.45) is 4.42. The number of aromatic nitrogens is 1. The minimum atomic E-state index is -0.246. The summed E-state index contributed by atoms with van der Waals surface area (Å²) in [6, 6.07) is 11.2. The number of carbonyl (C=O) groups is 1. The van der Waals surface area contributed by atoms with Crippen molar-refractivity contribution in [2.24, 2.45) is 0 Å². The number of piperidine rings is 2. The van der Waals surface area contributed by atoms with Crippen molar-refractivity contribution in [1.82, 2.24) is 14.8 Å². The number of benzene rings is 1. The van der Waals surface area contributed by atoms with Crippen molar-refractivity contribution in [3.05, 3.63) is 53.6 Å². The van der Waals surface area contributed by atoms with E-state index in [2.05, 4.69) is 16.3 Å². The van der Waals surface area contributed by atoms with Crippen LogP contribution in [0.3, 0.4) is 0 Å². The predicted molar refractivity (Wildman–Crippen MR) is 117 cm³/mol. The van der Waals surface area contributed by atoms with Crippen LogP contribution in [0.4, 0.5) is 15.8 Å². The molecule has 6 heteroatoms. The van der Waals surface area contributed by atoms with Gasteiger partial charge in [-0.25, -0.2) is 4.39 Å². The molecule has 2 saturated heterocycles. The number of pyridine rings is 1. The normalized spacial score (nSPS) is 20.9. The summed E-state index contributed by atoms with van der Waals surface area (Å²) < 4.78 is 13.5. The molecule has 30 heavy (non-hydrogen) atoms. The van der Waals surface area contributed by atoms with Gasteiger partial charge in [0.15, 0.2) is 0 Å². The van der Waals surface area contributed by atoms with Crippen molar-refractivity contribution in [2.45, 2.75) is 51.5 Å². The smallest absolute Gasteiger partial charge is 0.219 e. The monoisotopic (exact) mass is 410 g/mol. The molecule has 1 aromatic carbocycles. The number of anilines is 2. The Morgan fingerprint density at radius 1 is 1.10 bits per heavy atom. The van der Waals surface area contributed by atoms with E-state index in [-0.39, 0.29) is 11.7 Å². The first kappa shape index (κ1) is 20.8. The Hall–Kier alpha value is -2.47. The number of nitrogens with zero attached hydrogens (tertiary/aromatic N) is 3. The second-order valence-corrected chi connectivity index (χ2v) is 8.63. The molecule has 160 valence electrons. The summed E-state index contributed by atoms with van der Waals surface area (Å²) >= 11 is 0. The van der Waals surface area contributed by atoms with Gasteiger partial charge in [0.1, 0.15) is 5.82 Å². The summed E-state index contributed by atoms with van der Waals surface area (Å²) in [5, 5.41) is 3.32. The first-order valence-electron chi connectivity index (χ1n) is 11.0. The molecule has 2 aromatic rings. The Labute approximate surface area is 178 Å². The quantitative estimate of drug-likeness (QED) is 0.808. The fourth-order valence-electron chi connectivity index (χ4n) is 4.83. The maximum absolute atomic E-state index is 13.5. The van der Waals surface area contributed by atoms with Crippen LogP contribution < -0.4 is 5.32 Å². The minimum absolute atomic E-state index is 0.187. The van der Waals surface area contributed by atoms with Crippen LogP contribution in [0.15, 0.2) is 36.4 Å². The summed E-state index contributed by atoms with van der Waals surface area (Å²) in [5.41, 5.74) is 3.78. The highest BCUT2D eigenvalue weighted by Gasteiger charge is 2.30. The average molecular weight is 411 g/mol. The molecule has 2 aliphatic rings. The third-order valence-corrected chi connectivity index (χ3v) is 6.38. The number of rotatable bonds is 4. The van der Waals surface area contributed by atoms with E-state index in [1.165, 1.54) is 18.6 Å². The Balaban J connectivity index is 1.44. The highest BCUT2D eigenvalue weighted by atomic mass is 19.1. The average Bonchev–Trinajstić information content (AvgIpc) is 2.73. The van der Waals surface area contributed by atoms with E-state index in [0.29, 0.717) is 12.0 Å². The van der Waals surface area contributed by atoms with Gasteiger partial charge in [-0.3, -0.25) is 14.7 Å². The number of likely N-dealkylation sites (tertiary alicyclic amines) is 2. The molecule has 0 saturated carbocycles. The molecule has 0 unspecified atom stereocenters. The van der Waals surface area contributed by atoms with Crippen LogP contribution in [0.1, 0.15) is 49.9 Å². The molecule has 0 aliphatic carbocycles. The number of hydrogen-bond acceptors (Lipinski definition) is 4. The first-order valence-corrected chi connectivity index (χ1v) is 11.0. The molecule has 4 rings (SSSR count). The zero-order chi connectivity index (χ0) is 21.1. The Bertz CT molecular complexity index is 895. The summed E-state index contributed by atoms with van der Waals surface area (Å²) in [7, 11) is 0. The summed E-state index contributed by atoms with van der Waals surface area (Å²) in [4.78, 5) is 21.0. The highest BCUT2D eigenvalue weighted by molar-refractivity contribution is 5.73. The molecule has 0 bridgehead atoms. The zero-order valence-corrected chi connectivity index (χ0v) is 17.9. The molecule has 1 atom stereocenters. The van der Waals surface area contributed by atoms with Gasteiger partial charge >= 0.3 is 0 Å². The van der Waals surface area contributed by atoms with Crippen molar-refractivity contribution in [2.75, 3.05) is 31.5 Å². The van der Waals surface area contributed by atoms with Crippen LogP contribution in [0.5, 0.6) is 0 Å². The maximum Gasteiger partial charge on any atom is 0.219 e. The van der Waals surface area contributed by atoms with Crippen molar-refractivity contribution in [1.29, 1.82) is 0 Å². The Kier molecular flexibility index (Phi) is 6.32. The van der Waals surface area contributed by atoms with Crippen molar-refractivity contribution >= 4 is 17.3 Å². The standard InChI is InChI=1S/C24H31FN4O/c1-17-13-22(27-21-7-3-6-20(25)14-21)15-24(26-17)19-5-4-10-29(16-19)23-8-11-28(12-9-23)18(2)30/h3,6-7,13-15,19,23H,4-5,8-12,16H2,1-2H3,(H,26,27)/t19-/m1/s1. The summed E-state index contributed by atoms with van der Waals surface area (Å²) in [6.45, 7) is 7.55. The second kappa shape index (κ2) is 9.13. The minimum Gasteiger partial charge on any atom is -0.355 e. The fourth-order valence-corrected chi connectivity index (χ4v) is 4.83. The molecule has 1 amide bonds. The highest BCUT2D eigenvalue weighted by Crippen LogP contribution is 2.31. The molecule has 0 spiro atoms. The Morgan fingerprint density at radius 3 is 2.63 bits per heavy atom. The molecule has 0 radical (unpaired) electrons. The topological polar surface area (TPSA) is 48.5 Å². The molecular formula is C24H31FN4O. The van der Waals surface area contributed by atoms with E-state index in [9.17, 15) is 9.18 Å². The van der Waals surface area contributed by atoms with Gasteiger partial charge in [-0.05, 0) is 69.5 Å². The van der Waals surface area contributed by atoms with E-state index in [1.807, 2.05) is 24.0 Å². The van der Waals surface area contributed by atoms with Gasteiger partial charge < -0.3 is 10.2 Å². The molecule has 2 fully saturated rings. The van der Waals surface area contributed by atoms with E-state index >= 15 is 0 Å². The SMILES string of the molecule is CC(=O)N1CCC(N2CCC[C@@H](c3cc(Nc4cccc(F)c4)cc(C)n3)C2)CC1. The third-order valence-electron chi connectivity index (χ3n) is 6.38. The Morgan fingerprint density at radius 2 is 1.90 bits per heavy atom. The summed E-state index contributed by atoms with van der Waals surface area (Å²) in [5.74, 6) is 0.342. The van der Waals surface area contributed by atoms with Gasteiger partial charge in [0.05, 0.1) is 0 Å². The number of hydrogen-bond donors (Lipinski definition) is 1. The van der Waals surface area contributed by atoms with Crippen LogP contribution in [0, 0.1) is 12.7 Å². The number of aryl methyl sites for hydroxylation is 1. The van der Waals surface area contributed by atoms with Crippen LogP contribution in [-0.2, 0) is 4.79 Å². The lowest BCUT2D eigenvalue weighted by Crippen LogP contribution is -2.49. The fraction of sp³-hybridized carbons (Fsp3) is 0.500. The van der Waals surface area contributed by atoms with Gasteiger partial charge in [-0.15, -0.1) is 0 Å². The number of nitrogens with one attached hydrogen (secondary N) is 1. The molecule has 3 heterocycles. The van der Waals surface area contributed by atoms with Gasteiger partial charge in [0.25, 0.3) is 0 Å². The molecule has 5 nitrogen and oxygen atoms in total. The van der Waals surface area contributed by atoms with Crippen molar-refractivity contribution in [3.63, 3.8) is 0 Å². The van der Waals surface area contributed by atoms with E-state index in [1.54, 1.807) is 13.0 Å². The number of carbonyl (C=O) groups excluding carboxylic acids is 1. The maximum atomic E-state index is 13.5. The number of halogens is 1.